The summed E-state index contributed by atoms with van der Waals surface area (Å²) in [6.07, 6.45) is 6.62. The number of ketones is 1. The summed E-state index contributed by atoms with van der Waals surface area (Å²) in [6, 6.07) is 17.9. The molecule has 0 saturated heterocycles. The Morgan fingerprint density at radius 3 is 2.45 bits per heavy atom. The molecular formula is C23H18N4O2. The third-order valence-corrected chi connectivity index (χ3v) is 4.69. The van der Waals surface area contributed by atoms with Gasteiger partial charge in [-0.25, -0.2) is 5.43 Å². The van der Waals surface area contributed by atoms with Crippen molar-refractivity contribution >= 4 is 23.4 Å². The second-order valence-electron chi connectivity index (χ2n) is 6.47. The fourth-order valence-corrected chi connectivity index (χ4v) is 3.25. The summed E-state index contributed by atoms with van der Waals surface area (Å²) in [6.45, 7) is 1.88. The monoisotopic (exact) mass is 382 g/mol. The van der Waals surface area contributed by atoms with E-state index in [0.29, 0.717) is 16.8 Å². The molecule has 0 aliphatic heterocycles. The molecule has 142 valence electrons. The van der Waals surface area contributed by atoms with Crippen molar-refractivity contribution in [3.63, 3.8) is 0 Å². The molecule has 0 aliphatic carbocycles. The minimum absolute atomic E-state index is 0.0981. The summed E-state index contributed by atoms with van der Waals surface area (Å²) in [5.74, 6) is -0.393. The van der Waals surface area contributed by atoms with Crippen LogP contribution in [0.3, 0.4) is 0 Å². The van der Waals surface area contributed by atoms with Crippen molar-refractivity contribution in [1.29, 1.82) is 0 Å². The molecule has 3 heterocycles. The molecule has 1 aromatic carbocycles. The highest BCUT2D eigenvalue weighted by molar-refractivity contribution is 6.12. The van der Waals surface area contributed by atoms with Crippen LogP contribution in [0.4, 0.5) is 0 Å². The van der Waals surface area contributed by atoms with Gasteiger partial charge >= 0.3 is 0 Å². The van der Waals surface area contributed by atoms with Crippen LogP contribution in [0, 0.1) is 6.92 Å². The lowest BCUT2D eigenvalue weighted by molar-refractivity contribution is 0.0954. The molecule has 0 fully saturated rings. The predicted molar refractivity (Wildman–Crippen MR) is 111 cm³/mol. The summed E-state index contributed by atoms with van der Waals surface area (Å²) in [7, 11) is 0. The number of carbonyl (C=O) groups is 2. The standard InChI is InChI=1S/C23H18N4O2/c1-16-19(15-25-26-23(29)18-7-3-2-4-8-18)20-9-5-6-14-27(20)21(16)22(28)17-10-12-24-13-11-17/h2-15H,1H3,(H,26,29)/b25-15-. The highest BCUT2D eigenvalue weighted by Crippen LogP contribution is 2.24. The Morgan fingerprint density at radius 1 is 0.966 bits per heavy atom. The zero-order chi connectivity index (χ0) is 20.2. The molecule has 1 amide bonds. The molecule has 0 bridgehead atoms. The number of carbonyl (C=O) groups excluding carboxylic acids is 2. The number of rotatable bonds is 5. The first kappa shape index (κ1) is 18.3. The Bertz CT molecular complexity index is 1210. The molecule has 0 saturated carbocycles. The third kappa shape index (κ3) is 3.55. The quantitative estimate of drug-likeness (QED) is 0.325. The van der Waals surface area contributed by atoms with Gasteiger partial charge in [-0.3, -0.25) is 14.6 Å². The van der Waals surface area contributed by atoms with Crippen LogP contribution in [0.5, 0.6) is 0 Å². The average molecular weight is 382 g/mol. The van der Waals surface area contributed by atoms with E-state index in [2.05, 4.69) is 15.5 Å². The van der Waals surface area contributed by atoms with Gasteiger partial charge in [0.1, 0.15) is 0 Å². The molecule has 4 aromatic rings. The minimum Gasteiger partial charge on any atom is -0.313 e. The van der Waals surface area contributed by atoms with Gasteiger partial charge in [-0.05, 0) is 48.9 Å². The van der Waals surface area contributed by atoms with Gasteiger partial charge in [0.15, 0.2) is 0 Å². The van der Waals surface area contributed by atoms with Crippen LogP contribution < -0.4 is 5.43 Å². The fraction of sp³-hybridized carbons (Fsp3) is 0.0435. The number of nitrogens with one attached hydrogen (secondary N) is 1. The Balaban J connectivity index is 1.69. The van der Waals surface area contributed by atoms with Gasteiger partial charge in [-0.1, -0.05) is 24.3 Å². The molecule has 4 rings (SSSR count). The SMILES string of the molecule is Cc1c(/C=N\NC(=O)c2ccccc2)c2ccccn2c1C(=O)c1ccncc1. The minimum atomic E-state index is -0.295. The van der Waals surface area contributed by atoms with Gasteiger partial charge in [0.05, 0.1) is 17.4 Å². The van der Waals surface area contributed by atoms with Crippen LogP contribution >= 0.6 is 0 Å². The number of nitrogens with zero attached hydrogens (tertiary/aromatic N) is 3. The summed E-state index contributed by atoms with van der Waals surface area (Å²) in [5, 5.41) is 4.12. The summed E-state index contributed by atoms with van der Waals surface area (Å²) in [4.78, 5) is 29.3. The highest BCUT2D eigenvalue weighted by atomic mass is 16.2. The Morgan fingerprint density at radius 2 is 1.69 bits per heavy atom. The van der Waals surface area contributed by atoms with Crippen molar-refractivity contribution in [2.75, 3.05) is 0 Å². The van der Waals surface area contributed by atoms with Crippen molar-refractivity contribution in [3.8, 4) is 0 Å². The molecule has 0 aliphatic rings. The maximum atomic E-state index is 13.1. The van der Waals surface area contributed by atoms with Crippen LogP contribution in [0.15, 0.2) is 84.4 Å². The molecule has 3 aromatic heterocycles. The normalized spacial score (nSPS) is 11.1. The van der Waals surface area contributed by atoms with E-state index in [1.165, 1.54) is 0 Å². The van der Waals surface area contributed by atoms with E-state index in [0.717, 1.165) is 16.6 Å². The van der Waals surface area contributed by atoms with E-state index < -0.39 is 0 Å². The van der Waals surface area contributed by atoms with Gasteiger partial charge < -0.3 is 4.40 Å². The van der Waals surface area contributed by atoms with Crippen molar-refractivity contribution in [2.24, 2.45) is 5.10 Å². The van der Waals surface area contributed by atoms with Gasteiger partial charge in [0.25, 0.3) is 5.91 Å². The number of amides is 1. The first-order chi connectivity index (χ1) is 14.2. The Labute approximate surface area is 167 Å². The number of hydrogen-bond donors (Lipinski definition) is 1. The molecule has 0 unspecified atom stereocenters. The summed E-state index contributed by atoms with van der Waals surface area (Å²) in [5.41, 5.74) is 6.58. The van der Waals surface area contributed by atoms with Gasteiger partial charge in [-0.2, -0.15) is 5.10 Å². The number of hydrogen-bond acceptors (Lipinski definition) is 4. The average Bonchev–Trinajstić information content (AvgIpc) is 3.06. The van der Waals surface area contributed by atoms with Crippen LogP contribution in [-0.4, -0.2) is 27.3 Å². The van der Waals surface area contributed by atoms with Gasteiger partial charge in [0, 0.05) is 35.3 Å². The van der Waals surface area contributed by atoms with Gasteiger partial charge in [0.2, 0.25) is 5.78 Å². The van der Waals surface area contributed by atoms with E-state index in [-0.39, 0.29) is 11.7 Å². The third-order valence-electron chi connectivity index (χ3n) is 4.69. The lowest BCUT2D eigenvalue weighted by Crippen LogP contribution is -2.17. The molecule has 0 spiro atoms. The van der Waals surface area contributed by atoms with E-state index >= 15 is 0 Å². The molecule has 6 nitrogen and oxygen atoms in total. The number of aromatic nitrogens is 2. The van der Waals surface area contributed by atoms with Crippen molar-refractivity contribution in [1.82, 2.24) is 14.8 Å². The first-order valence-electron chi connectivity index (χ1n) is 9.09. The number of hydrazone groups is 1. The molecule has 29 heavy (non-hydrogen) atoms. The fourth-order valence-electron chi connectivity index (χ4n) is 3.25. The van der Waals surface area contributed by atoms with Crippen LogP contribution in [0.25, 0.3) is 5.52 Å². The topological polar surface area (TPSA) is 75.8 Å². The van der Waals surface area contributed by atoms with E-state index in [1.54, 1.807) is 55.0 Å². The van der Waals surface area contributed by atoms with Crippen molar-refractivity contribution in [3.05, 3.63) is 107 Å². The van der Waals surface area contributed by atoms with E-state index in [1.807, 2.05) is 41.8 Å². The largest absolute Gasteiger partial charge is 0.313 e. The maximum absolute atomic E-state index is 13.1. The first-order valence-corrected chi connectivity index (χ1v) is 9.09. The number of pyridine rings is 2. The molecule has 0 radical (unpaired) electrons. The lowest BCUT2D eigenvalue weighted by atomic mass is 10.1. The zero-order valence-corrected chi connectivity index (χ0v) is 15.7. The number of fused-ring (bicyclic) bond motifs is 1. The van der Waals surface area contributed by atoms with Crippen molar-refractivity contribution in [2.45, 2.75) is 6.92 Å². The molecule has 6 heteroatoms. The molecule has 0 atom stereocenters. The van der Waals surface area contributed by atoms with E-state index in [9.17, 15) is 9.59 Å². The lowest BCUT2D eigenvalue weighted by Gasteiger charge is -2.03. The van der Waals surface area contributed by atoms with Crippen LogP contribution in [-0.2, 0) is 0 Å². The maximum Gasteiger partial charge on any atom is 0.271 e. The Hall–Kier alpha value is -4.06. The van der Waals surface area contributed by atoms with Crippen molar-refractivity contribution < 1.29 is 9.59 Å². The van der Waals surface area contributed by atoms with Crippen LogP contribution in [0.2, 0.25) is 0 Å². The molecule has 1 N–H and O–H groups in total. The number of benzene rings is 1. The second kappa shape index (κ2) is 7.90. The van der Waals surface area contributed by atoms with Crippen LogP contribution in [0.1, 0.15) is 37.5 Å². The smallest absolute Gasteiger partial charge is 0.271 e. The summed E-state index contributed by atoms with van der Waals surface area (Å²) >= 11 is 0. The summed E-state index contributed by atoms with van der Waals surface area (Å²) < 4.78 is 1.85. The Kier molecular flexibility index (Phi) is 4.99. The van der Waals surface area contributed by atoms with Gasteiger partial charge in [-0.15, -0.1) is 0 Å². The molecular weight excluding hydrogens is 364 g/mol. The van der Waals surface area contributed by atoms with E-state index in [4.69, 9.17) is 0 Å². The zero-order valence-electron chi connectivity index (χ0n) is 15.7. The second-order valence-corrected chi connectivity index (χ2v) is 6.47. The highest BCUT2D eigenvalue weighted by Gasteiger charge is 2.20. The predicted octanol–water partition coefficient (Wildman–Crippen LogP) is 3.64.